The smallest absolute Gasteiger partial charge is 0.105 e. The first-order chi connectivity index (χ1) is 16.3. The van der Waals surface area contributed by atoms with E-state index in [1.165, 1.54) is 132 Å². The SMILES string of the molecule is CCCCCCCCC[N+](CCCCCCCCC)(Cc1ccccc1)Cc1ccccc1.[Br-]. The maximum atomic E-state index is 2.34. The van der Waals surface area contributed by atoms with E-state index in [2.05, 4.69) is 74.5 Å². The molecule has 0 aliphatic carbocycles. The molecule has 0 spiro atoms. The van der Waals surface area contributed by atoms with Crippen LogP contribution in [0.5, 0.6) is 0 Å². The molecule has 0 bridgehead atoms. The third kappa shape index (κ3) is 13.7. The van der Waals surface area contributed by atoms with Gasteiger partial charge in [0.15, 0.2) is 0 Å². The Morgan fingerprint density at radius 3 is 1.12 bits per heavy atom. The second-order valence-electron chi connectivity index (χ2n) is 10.3. The number of benzene rings is 2. The van der Waals surface area contributed by atoms with Gasteiger partial charge in [-0.3, -0.25) is 0 Å². The lowest BCUT2D eigenvalue weighted by atomic mass is 10.0. The van der Waals surface area contributed by atoms with Crippen LogP contribution < -0.4 is 17.0 Å². The van der Waals surface area contributed by atoms with E-state index in [9.17, 15) is 0 Å². The van der Waals surface area contributed by atoms with Crippen molar-refractivity contribution in [2.24, 2.45) is 0 Å². The van der Waals surface area contributed by atoms with Gasteiger partial charge >= 0.3 is 0 Å². The van der Waals surface area contributed by atoms with Gasteiger partial charge in [0, 0.05) is 11.1 Å². The minimum Gasteiger partial charge on any atom is -1.00 e. The zero-order chi connectivity index (χ0) is 23.5. The van der Waals surface area contributed by atoms with Crippen LogP contribution in [0.4, 0.5) is 0 Å². The fraction of sp³-hybridized carbons (Fsp3) is 0.625. The van der Waals surface area contributed by atoms with Crippen molar-refractivity contribution >= 4 is 0 Å². The Balaban J connectivity index is 0.00000578. The fourth-order valence-electron chi connectivity index (χ4n) is 5.23. The second kappa shape index (κ2) is 20.1. The number of quaternary nitrogens is 1. The second-order valence-corrected chi connectivity index (χ2v) is 10.3. The number of halogens is 1. The van der Waals surface area contributed by atoms with Gasteiger partial charge in [-0.25, -0.2) is 0 Å². The quantitative estimate of drug-likeness (QED) is 0.132. The molecule has 0 heterocycles. The van der Waals surface area contributed by atoms with Gasteiger partial charge < -0.3 is 21.5 Å². The summed E-state index contributed by atoms with van der Waals surface area (Å²) < 4.78 is 1.22. The molecule has 1 nitrogen and oxygen atoms in total. The summed E-state index contributed by atoms with van der Waals surface area (Å²) in [5.74, 6) is 0. The maximum absolute atomic E-state index is 2.34. The Labute approximate surface area is 222 Å². The fourth-order valence-corrected chi connectivity index (χ4v) is 5.23. The van der Waals surface area contributed by atoms with Crippen molar-refractivity contribution in [1.29, 1.82) is 0 Å². The van der Waals surface area contributed by atoms with Crippen LogP contribution in [0.1, 0.15) is 115 Å². The molecule has 0 aromatic heterocycles. The van der Waals surface area contributed by atoms with Gasteiger partial charge in [-0.2, -0.15) is 0 Å². The average molecular weight is 531 g/mol. The predicted molar refractivity (Wildman–Crippen MR) is 146 cm³/mol. The van der Waals surface area contributed by atoms with Crippen LogP contribution in [0.3, 0.4) is 0 Å². The van der Waals surface area contributed by atoms with Crippen molar-refractivity contribution < 1.29 is 21.5 Å². The Morgan fingerprint density at radius 1 is 0.441 bits per heavy atom. The van der Waals surface area contributed by atoms with Crippen molar-refractivity contribution in [3.8, 4) is 0 Å². The molecule has 2 rings (SSSR count). The van der Waals surface area contributed by atoms with Crippen molar-refractivity contribution in [2.45, 2.75) is 117 Å². The first-order valence-electron chi connectivity index (χ1n) is 14.2. The van der Waals surface area contributed by atoms with E-state index in [4.69, 9.17) is 0 Å². The van der Waals surface area contributed by atoms with Crippen LogP contribution in [-0.2, 0) is 13.1 Å². The maximum Gasteiger partial charge on any atom is 0.105 e. The molecule has 0 unspecified atom stereocenters. The lowest BCUT2D eigenvalue weighted by Crippen LogP contribution is -3.00. The van der Waals surface area contributed by atoms with Crippen LogP contribution in [0.2, 0.25) is 0 Å². The largest absolute Gasteiger partial charge is 1.00 e. The summed E-state index contributed by atoms with van der Waals surface area (Å²) >= 11 is 0. The molecule has 2 aromatic carbocycles. The molecule has 2 heteroatoms. The first-order valence-corrected chi connectivity index (χ1v) is 14.2. The summed E-state index contributed by atoms with van der Waals surface area (Å²) in [5, 5.41) is 0. The van der Waals surface area contributed by atoms with E-state index in [0.717, 1.165) is 0 Å². The molecule has 0 atom stereocenters. The highest BCUT2D eigenvalue weighted by Crippen LogP contribution is 2.24. The Morgan fingerprint density at radius 2 is 0.765 bits per heavy atom. The van der Waals surface area contributed by atoms with Crippen LogP contribution in [-0.4, -0.2) is 17.6 Å². The molecular formula is C32H52BrN. The third-order valence-corrected chi connectivity index (χ3v) is 7.19. The van der Waals surface area contributed by atoms with Crippen LogP contribution in [0.25, 0.3) is 0 Å². The lowest BCUT2D eigenvalue weighted by molar-refractivity contribution is -0.954. The zero-order valence-electron chi connectivity index (χ0n) is 22.3. The highest BCUT2D eigenvalue weighted by Gasteiger charge is 2.27. The first kappa shape index (κ1) is 30.9. The summed E-state index contributed by atoms with van der Waals surface area (Å²) in [6.07, 6.45) is 19.5. The molecular weight excluding hydrogens is 478 g/mol. The molecule has 192 valence electrons. The number of hydrogen-bond acceptors (Lipinski definition) is 0. The number of hydrogen-bond donors (Lipinski definition) is 0. The van der Waals surface area contributed by atoms with Gasteiger partial charge in [-0.1, -0.05) is 139 Å². The molecule has 0 amide bonds. The van der Waals surface area contributed by atoms with Crippen LogP contribution in [0.15, 0.2) is 60.7 Å². The monoisotopic (exact) mass is 529 g/mol. The summed E-state index contributed by atoms with van der Waals surface area (Å²) in [7, 11) is 0. The summed E-state index contributed by atoms with van der Waals surface area (Å²) in [6.45, 7) is 9.58. The Kier molecular flexibility index (Phi) is 18.3. The van der Waals surface area contributed by atoms with E-state index >= 15 is 0 Å². The van der Waals surface area contributed by atoms with E-state index in [1.807, 2.05) is 0 Å². The topological polar surface area (TPSA) is 0 Å². The molecule has 0 aliphatic rings. The van der Waals surface area contributed by atoms with Gasteiger partial charge in [-0.05, 0) is 25.7 Å². The highest BCUT2D eigenvalue weighted by molar-refractivity contribution is 5.15. The summed E-state index contributed by atoms with van der Waals surface area (Å²) in [6, 6.07) is 22.5. The Bertz CT molecular complexity index is 623. The predicted octanol–water partition coefficient (Wildman–Crippen LogP) is 6.71. The van der Waals surface area contributed by atoms with E-state index < -0.39 is 0 Å². The van der Waals surface area contributed by atoms with Crippen molar-refractivity contribution in [3.63, 3.8) is 0 Å². The van der Waals surface area contributed by atoms with Gasteiger partial charge in [0.05, 0.1) is 13.1 Å². The zero-order valence-corrected chi connectivity index (χ0v) is 23.9. The van der Waals surface area contributed by atoms with Crippen molar-refractivity contribution in [3.05, 3.63) is 71.8 Å². The minimum absolute atomic E-state index is 0. The molecule has 0 radical (unpaired) electrons. The lowest BCUT2D eigenvalue weighted by Gasteiger charge is -2.39. The molecule has 0 aliphatic heterocycles. The molecule has 2 aromatic rings. The van der Waals surface area contributed by atoms with Gasteiger partial charge in [0.25, 0.3) is 0 Å². The van der Waals surface area contributed by atoms with E-state index in [1.54, 1.807) is 0 Å². The van der Waals surface area contributed by atoms with E-state index in [-0.39, 0.29) is 17.0 Å². The number of nitrogens with zero attached hydrogens (tertiary/aromatic N) is 1. The molecule has 34 heavy (non-hydrogen) atoms. The molecule has 0 fully saturated rings. The number of unbranched alkanes of at least 4 members (excludes halogenated alkanes) is 12. The molecule has 0 saturated heterocycles. The Hall–Kier alpha value is -1.12. The summed E-state index contributed by atoms with van der Waals surface area (Å²) in [5.41, 5.74) is 3.00. The van der Waals surface area contributed by atoms with Gasteiger partial charge in [0.2, 0.25) is 0 Å². The molecule has 0 saturated carbocycles. The van der Waals surface area contributed by atoms with E-state index in [0.29, 0.717) is 0 Å². The highest BCUT2D eigenvalue weighted by atomic mass is 79.9. The molecule has 0 N–H and O–H groups in total. The standard InChI is InChI=1S/C32H52N.BrH/c1-3-5-7-9-11-13-21-27-33(29-31-23-17-15-18-24-31,30-32-25-19-16-20-26-32)28-22-14-12-10-8-6-4-2;/h15-20,23-26H,3-14,21-22,27-30H2,1-2H3;1H/q+1;/p-1. The van der Waals surface area contributed by atoms with Gasteiger partial charge in [0.1, 0.15) is 13.1 Å². The number of rotatable bonds is 20. The third-order valence-electron chi connectivity index (χ3n) is 7.19. The average Bonchev–Trinajstić information content (AvgIpc) is 2.84. The van der Waals surface area contributed by atoms with Gasteiger partial charge in [-0.15, -0.1) is 0 Å². The summed E-state index contributed by atoms with van der Waals surface area (Å²) in [4.78, 5) is 0. The minimum atomic E-state index is 0. The van der Waals surface area contributed by atoms with Crippen LogP contribution in [0, 0.1) is 0 Å². The van der Waals surface area contributed by atoms with Crippen molar-refractivity contribution in [2.75, 3.05) is 13.1 Å². The van der Waals surface area contributed by atoms with Crippen LogP contribution >= 0.6 is 0 Å². The normalized spacial score (nSPS) is 11.4. The van der Waals surface area contributed by atoms with Crippen molar-refractivity contribution in [1.82, 2.24) is 0 Å².